The van der Waals surface area contributed by atoms with E-state index < -0.39 is 0 Å². The Morgan fingerprint density at radius 2 is 1.66 bits per heavy atom. The van der Waals surface area contributed by atoms with Crippen LogP contribution in [0, 0.1) is 5.92 Å². The normalized spacial score (nSPS) is 17.8. The molecule has 1 saturated carbocycles. The van der Waals surface area contributed by atoms with Gasteiger partial charge in [-0.25, -0.2) is 4.79 Å². The predicted octanol–water partition coefficient (Wildman–Crippen LogP) is 7.79. The monoisotopic (exact) mass is 476 g/mol. The van der Waals surface area contributed by atoms with Crippen LogP contribution >= 0.6 is 0 Å². The number of ether oxygens (including phenoxy) is 1. The summed E-state index contributed by atoms with van der Waals surface area (Å²) in [4.78, 5) is 11.6. The molecule has 0 aliphatic heterocycles. The van der Waals surface area contributed by atoms with Gasteiger partial charge in [-0.05, 0) is 91.5 Å². The molecule has 35 heavy (non-hydrogen) atoms. The van der Waals surface area contributed by atoms with Gasteiger partial charge in [-0.15, -0.1) is 0 Å². The zero-order valence-corrected chi connectivity index (χ0v) is 21.9. The predicted molar refractivity (Wildman–Crippen MR) is 146 cm³/mol. The number of carbonyl (C=O) groups is 1. The molecule has 0 saturated heterocycles. The third kappa shape index (κ3) is 8.35. The average molecular weight is 477 g/mol. The number of esters is 1. The van der Waals surface area contributed by atoms with Crippen molar-refractivity contribution >= 4 is 5.97 Å². The Kier molecular flexibility index (Phi) is 11.1. The molecule has 0 spiro atoms. The zero-order chi connectivity index (χ0) is 25.0. The first-order valence-corrected chi connectivity index (χ1v) is 13.7. The number of rotatable bonds is 13. The second kappa shape index (κ2) is 14.2. The molecule has 3 heteroatoms. The molecule has 1 aliphatic carbocycles. The van der Waals surface area contributed by atoms with Crippen LogP contribution in [0.25, 0.3) is 11.1 Å². The van der Waals surface area contributed by atoms with Crippen LogP contribution in [0.3, 0.4) is 0 Å². The maximum atomic E-state index is 11.6. The maximum absolute atomic E-state index is 11.6. The SMILES string of the molecule is C=C(C)C(=O)OCCCc1cc(-c2ccc(C3CCC(CCCCC)CC3)cc2)ccc1CCO. The lowest BCUT2D eigenvalue weighted by molar-refractivity contribution is -0.139. The van der Waals surface area contributed by atoms with Gasteiger partial charge in [0.1, 0.15) is 0 Å². The maximum Gasteiger partial charge on any atom is 0.333 e. The van der Waals surface area contributed by atoms with Crippen LogP contribution in [0.4, 0.5) is 0 Å². The smallest absolute Gasteiger partial charge is 0.333 e. The minimum Gasteiger partial charge on any atom is -0.462 e. The van der Waals surface area contributed by atoms with Crippen LogP contribution in [0.1, 0.15) is 94.2 Å². The second-order valence-corrected chi connectivity index (χ2v) is 10.3. The molecule has 0 atom stereocenters. The Morgan fingerprint density at radius 3 is 2.31 bits per heavy atom. The van der Waals surface area contributed by atoms with Crippen molar-refractivity contribution in [3.63, 3.8) is 0 Å². The molecule has 0 bridgehead atoms. The standard InChI is InChI=1S/C32H44O3/c1-4-5-6-8-25-10-12-26(13-11-25)27-14-16-28(17-15-27)31-19-18-29(20-21-33)30(23-31)9-7-22-35-32(34)24(2)3/h14-19,23,25-26,33H,2,4-13,20-22H2,1,3H3. The number of aliphatic hydroxyl groups is 1. The van der Waals surface area contributed by atoms with E-state index in [1.165, 1.54) is 73.6 Å². The summed E-state index contributed by atoms with van der Waals surface area (Å²) in [5.74, 6) is 1.31. The fourth-order valence-corrected chi connectivity index (χ4v) is 5.37. The van der Waals surface area contributed by atoms with Crippen molar-refractivity contribution in [3.05, 3.63) is 71.3 Å². The van der Waals surface area contributed by atoms with E-state index in [1.54, 1.807) is 6.92 Å². The number of aliphatic hydroxyl groups excluding tert-OH is 1. The Bertz CT molecular complexity index is 936. The first-order valence-electron chi connectivity index (χ1n) is 13.7. The highest BCUT2D eigenvalue weighted by Gasteiger charge is 2.22. The molecule has 3 rings (SSSR count). The van der Waals surface area contributed by atoms with Crippen LogP contribution < -0.4 is 0 Å². The third-order valence-electron chi connectivity index (χ3n) is 7.54. The van der Waals surface area contributed by atoms with Gasteiger partial charge < -0.3 is 9.84 Å². The third-order valence-corrected chi connectivity index (χ3v) is 7.54. The molecule has 0 unspecified atom stereocenters. The number of aryl methyl sites for hydroxylation is 1. The molecule has 0 heterocycles. The van der Waals surface area contributed by atoms with Crippen molar-refractivity contribution in [1.29, 1.82) is 0 Å². The quantitative estimate of drug-likeness (QED) is 0.182. The molecule has 1 aliphatic rings. The van der Waals surface area contributed by atoms with E-state index in [0.717, 1.165) is 24.3 Å². The Balaban J connectivity index is 1.60. The van der Waals surface area contributed by atoms with Crippen molar-refractivity contribution in [3.8, 4) is 11.1 Å². The minimum atomic E-state index is -0.334. The number of unbranched alkanes of at least 4 members (excludes halogenated alkanes) is 2. The Morgan fingerprint density at radius 1 is 0.943 bits per heavy atom. The molecule has 3 nitrogen and oxygen atoms in total. The van der Waals surface area contributed by atoms with Gasteiger partial charge in [-0.3, -0.25) is 0 Å². The lowest BCUT2D eigenvalue weighted by atomic mass is 9.77. The number of hydrogen-bond acceptors (Lipinski definition) is 3. The van der Waals surface area contributed by atoms with Gasteiger partial charge >= 0.3 is 5.97 Å². The molecular formula is C32H44O3. The lowest BCUT2D eigenvalue weighted by Gasteiger charge is -2.29. The molecule has 1 N–H and O–H groups in total. The van der Waals surface area contributed by atoms with Crippen LogP contribution in [0.5, 0.6) is 0 Å². The van der Waals surface area contributed by atoms with E-state index in [0.29, 0.717) is 24.5 Å². The van der Waals surface area contributed by atoms with Crippen molar-refractivity contribution < 1.29 is 14.6 Å². The summed E-state index contributed by atoms with van der Waals surface area (Å²) in [7, 11) is 0. The van der Waals surface area contributed by atoms with E-state index in [1.807, 2.05) is 0 Å². The molecule has 190 valence electrons. The molecule has 1 fully saturated rings. The Labute approximate surface area is 212 Å². The van der Waals surface area contributed by atoms with Gasteiger partial charge in [0.25, 0.3) is 0 Å². The molecule has 0 aromatic heterocycles. The summed E-state index contributed by atoms with van der Waals surface area (Å²) in [6.45, 7) is 8.09. The van der Waals surface area contributed by atoms with Gasteiger partial charge in [-0.2, -0.15) is 0 Å². The summed E-state index contributed by atoms with van der Waals surface area (Å²) in [6, 6.07) is 15.7. The number of hydrogen-bond donors (Lipinski definition) is 1. The van der Waals surface area contributed by atoms with E-state index in [-0.39, 0.29) is 12.6 Å². The second-order valence-electron chi connectivity index (χ2n) is 10.3. The molecule has 0 amide bonds. The highest BCUT2D eigenvalue weighted by Crippen LogP contribution is 2.38. The van der Waals surface area contributed by atoms with E-state index in [2.05, 4.69) is 56.0 Å². The van der Waals surface area contributed by atoms with Crippen molar-refractivity contribution in [2.45, 2.75) is 90.4 Å². The van der Waals surface area contributed by atoms with E-state index >= 15 is 0 Å². The van der Waals surface area contributed by atoms with Gasteiger partial charge in [0.05, 0.1) is 6.61 Å². The largest absolute Gasteiger partial charge is 0.462 e. The van der Waals surface area contributed by atoms with Crippen LogP contribution in [0.15, 0.2) is 54.6 Å². The van der Waals surface area contributed by atoms with Gasteiger partial charge in [-0.1, -0.05) is 81.7 Å². The van der Waals surface area contributed by atoms with Crippen molar-refractivity contribution in [2.75, 3.05) is 13.2 Å². The number of benzene rings is 2. The summed E-state index contributed by atoms with van der Waals surface area (Å²) < 4.78 is 5.25. The van der Waals surface area contributed by atoms with Crippen LogP contribution in [-0.2, 0) is 22.4 Å². The summed E-state index contributed by atoms with van der Waals surface area (Å²) in [5.41, 5.74) is 6.72. The number of carbonyl (C=O) groups excluding carboxylic acids is 1. The van der Waals surface area contributed by atoms with Crippen molar-refractivity contribution in [1.82, 2.24) is 0 Å². The molecule has 0 radical (unpaired) electrons. The molecule has 2 aromatic rings. The molecular weight excluding hydrogens is 432 g/mol. The summed E-state index contributed by atoms with van der Waals surface area (Å²) in [6.07, 6.45) is 13.1. The molecule has 2 aromatic carbocycles. The van der Waals surface area contributed by atoms with Crippen LogP contribution in [0.2, 0.25) is 0 Å². The van der Waals surface area contributed by atoms with E-state index in [9.17, 15) is 9.90 Å². The minimum absolute atomic E-state index is 0.131. The lowest BCUT2D eigenvalue weighted by Crippen LogP contribution is -2.13. The summed E-state index contributed by atoms with van der Waals surface area (Å²) in [5, 5.41) is 9.48. The Hall–Kier alpha value is -2.39. The fourth-order valence-electron chi connectivity index (χ4n) is 5.37. The summed E-state index contributed by atoms with van der Waals surface area (Å²) >= 11 is 0. The first-order chi connectivity index (χ1) is 17.0. The van der Waals surface area contributed by atoms with Gasteiger partial charge in [0.2, 0.25) is 0 Å². The van der Waals surface area contributed by atoms with Crippen LogP contribution in [-0.4, -0.2) is 24.3 Å². The highest BCUT2D eigenvalue weighted by molar-refractivity contribution is 5.86. The average Bonchev–Trinajstić information content (AvgIpc) is 2.88. The van der Waals surface area contributed by atoms with Gasteiger partial charge in [0, 0.05) is 12.2 Å². The van der Waals surface area contributed by atoms with Gasteiger partial charge in [0.15, 0.2) is 0 Å². The highest BCUT2D eigenvalue weighted by atomic mass is 16.5. The topological polar surface area (TPSA) is 46.5 Å². The zero-order valence-electron chi connectivity index (χ0n) is 21.9. The fraction of sp³-hybridized carbons (Fsp3) is 0.531. The first kappa shape index (κ1) is 27.2. The van der Waals surface area contributed by atoms with Crippen molar-refractivity contribution in [2.24, 2.45) is 5.92 Å². The van der Waals surface area contributed by atoms with E-state index in [4.69, 9.17) is 4.74 Å².